The summed E-state index contributed by atoms with van der Waals surface area (Å²) in [5.41, 5.74) is 7.66. The van der Waals surface area contributed by atoms with Gasteiger partial charge < -0.3 is 10.6 Å². The zero-order valence-electron chi connectivity index (χ0n) is 12.8. The average molecular weight is 309 g/mol. The van der Waals surface area contributed by atoms with Crippen LogP contribution in [0.5, 0.6) is 0 Å². The van der Waals surface area contributed by atoms with E-state index in [1.807, 2.05) is 24.3 Å². The molecule has 2 N–H and O–H groups in total. The Hall–Kier alpha value is -2.69. The largest absolute Gasteiger partial charge is 0.371 e. The summed E-state index contributed by atoms with van der Waals surface area (Å²) in [5.74, 6) is -0.253. The van der Waals surface area contributed by atoms with E-state index >= 15 is 0 Å². The molecular formula is C18H19N3O2. The van der Waals surface area contributed by atoms with Crippen LogP contribution in [-0.2, 0) is 4.79 Å². The van der Waals surface area contributed by atoms with Crippen molar-refractivity contribution in [2.45, 2.75) is 12.8 Å². The Labute approximate surface area is 135 Å². The molecule has 0 unspecified atom stereocenters. The molecule has 0 radical (unpaired) electrons. The summed E-state index contributed by atoms with van der Waals surface area (Å²) in [4.78, 5) is 29.8. The molecule has 1 aliphatic heterocycles. The number of hydrogen-bond acceptors (Lipinski definition) is 4. The van der Waals surface area contributed by atoms with Crippen molar-refractivity contribution in [2.75, 3.05) is 18.0 Å². The zero-order valence-corrected chi connectivity index (χ0v) is 12.8. The minimum atomic E-state index is -0.206. The molecule has 2 heterocycles. The molecule has 5 nitrogen and oxygen atoms in total. The van der Waals surface area contributed by atoms with Crippen LogP contribution in [0.2, 0.25) is 0 Å². The third-order valence-electron chi connectivity index (χ3n) is 4.32. The van der Waals surface area contributed by atoms with Crippen LogP contribution in [0.4, 0.5) is 5.69 Å². The van der Waals surface area contributed by atoms with Crippen molar-refractivity contribution in [3.63, 3.8) is 0 Å². The van der Waals surface area contributed by atoms with Crippen LogP contribution in [-0.4, -0.2) is 29.8 Å². The Kier molecular flexibility index (Phi) is 4.37. The Bertz CT molecular complexity index is 690. The SMILES string of the molecule is NC(=O)C1CCN(c2ccc(C(=O)c3cccnc3)cc2)CC1. The fourth-order valence-electron chi connectivity index (χ4n) is 2.91. The molecule has 23 heavy (non-hydrogen) atoms. The number of carbonyl (C=O) groups excluding carboxylic acids is 2. The molecule has 1 aromatic heterocycles. The Balaban J connectivity index is 1.68. The van der Waals surface area contributed by atoms with Crippen molar-refractivity contribution in [2.24, 2.45) is 11.7 Å². The van der Waals surface area contributed by atoms with E-state index in [9.17, 15) is 9.59 Å². The fourth-order valence-corrected chi connectivity index (χ4v) is 2.91. The van der Waals surface area contributed by atoms with E-state index in [1.165, 1.54) is 0 Å². The molecule has 1 amide bonds. The number of nitrogens with two attached hydrogens (primary N) is 1. The van der Waals surface area contributed by atoms with E-state index in [1.54, 1.807) is 24.5 Å². The lowest BCUT2D eigenvalue weighted by atomic mass is 9.95. The van der Waals surface area contributed by atoms with Gasteiger partial charge >= 0.3 is 0 Å². The van der Waals surface area contributed by atoms with Crippen molar-refractivity contribution in [1.82, 2.24) is 4.98 Å². The highest BCUT2D eigenvalue weighted by Crippen LogP contribution is 2.24. The molecule has 2 aromatic rings. The van der Waals surface area contributed by atoms with Gasteiger partial charge in [0.2, 0.25) is 5.91 Å². The minimum Gasteiger partial charge on any atom is -0.371 e. The number of pyridine rings is 1. The summed E-state index contributed by atoms with van der Waals surface area (Å²) < 4.78 is 0. The molecule has 1 fully saturated rings. The quantitative estimate of drug-likeness (QED) is 0.877. The summed E-state index contributed by atoms with van der Waals surface area (Å²) in [6.07, 6.45) is 4.79. The van der Waals surface area contributed by atoms with Gasteiger partial charge in [-0.25, -0.2) is 0 Å². The van der Waals surface area contributed by atoms with E-state index in [0.717, 1.165) is 31.6 Å². The van der Waals surface area contributed by atoms with Gasteiger partial charge in [-0.05, 0) is 49.2 Å². The number of anilines is 1. The van der Waals surface area contributed by atoms with Gasteiger partial charge in [0.25, 0.3) is 0 Å². The number of nitrogens with zero attached hydrogens (tertiary/aromatic N) is 2. The molecule has 0 bridgehead atoms. The highest BCUT2D eigenvalue weighted by atomic mass is 16.1. The third-order valence-corrected chi connectivity index (χ3v) is 4.32. The molecule has 1 aromatic carbocycles. The van der Waals surface area contributed by atoms with Crippen LogP contribution in [0.3, 0.4) is 0 Å². The van der Waals surface area contributed by atoms with Crippen molar-refractivity contribution in [3.05, 3.63) is 59.9 Å². The van der Waals surface area contributed by atoms with Gasteiger partial charge in [0.05, 0.1) is 0 Å². The Morgan fingerprint density at radius 3 is 2.30 bits per heavy atom. The Morgan fingerprint density at radius 2 is 1.74 bits per heavy atom. The number of ketones is 1. The molecule has 0 aliphatic carbocycles. The molecule has 118 valence electrons. The lowest BCUT2D eigenvalue weighted by Crippen LogP contribution is -2.38. The zero-order chi connectivity index (χ0) is 16.2. The van der Waals surface area contributed by atoms with E-state index in [4.69, 9.17) is 5.73 Å². The maximum atomic E-state index is 12.3. The van der Waals surface area contributed by atoms with E-state index in [2.05, 4.69) is 9.88 Å². The number of hydrogen-bond donors (Lipinski definition) is 1. The highest BCUT2D eigenvalue weighted by Gasteiger charge is 2.23. The molecule has 0 atom stereocenters. The summed E-state index contributed by atoms with van der Waals surface area (Å²) in [5, 5.41) is 0. The number of rotatable bonds is 4. The number of aromatic nitrogens is 1. The van der Waals surface area contributed by atoms with Gasteiger partial charge in [0.1, 0.15) is 0 Å². The maximum Gasteiger partial charge on any atom is 0.220 e. The lowest BCUT2D eigenvalue weighted by Gasteiger charge is -2.32. The van der Waals surface area contributed by atoms with E-state index in [0.29, 0.717) is 11.1 Å². The average Bonchev–Trinajstić information content (AvgIpc) is 2.62. The first-order valence-electron chi connectivity index (χ1n) is 7.74. The molecule has 3 rings (SSSR count). The number of benzene rings is 1. The van der Waals surface area contributed by atoms with Crippen LogP contribution in [0.15, 0.2) is 48.8 Å². The van der Waals surface area contributed by atoms with Crippen molar-refractivity contribution in [3.8, 4) is 0 Å². The highest BCUT2D eigenvalue weighted by molar-refractivity contribution is 6.08. The van der Waals surface area contributed by atoms with Crippen LogP contribution >= 0.6 is 0 Å². The smallest absolute Gasteiger partial charge is 0.220 e. The molecular weight excluding hydrogens is 290 g/mol. The third kappa shape index (κ3) is 3.39. The lowest BCUT2D eigenvalue weighted by molar-refractivity contribution is -0.122. The van der Waals surface area contributed by atoms with E-state index in [-0.39, 0.29) is 17.6 Å². The second-order valence-electron chi connectivity index (χ2n) is 5.78. The van der Waals surface area contributed by atoms with Crippen molar-refractivity contribution >= 4 is 17.4 Å². The molecule has 0 saturated carbocycles. The number of amides is 1. The minimum absolute atomic E-state index is 0.0160. The van der Waals surface area contributed by atoms with Crippen molar-refractivity contribution < 1.29 is 9.59 Å². The molecule has 1 aliphatic rings. The number of carbonyl (C=O) groups is 2. The van der Waals surface area contributed by atoms with Crippen LogP contribution < -0.4 is 10.6 Å². The van der Waals surface area contributed by atoms with Gasteiger partial charge in [-0.15, -0.1) is 0 Å². The summed E-state index contributed by atoms with van der Waals surface area (Å²) in [6.45, 7) is 1.62. The van der Waals surface area contributed by atoms with E-state index < -0.39 is 0 Å². The van der Waals surface area contributed by atoms with Crippen LogP contribution in [0, 0.1) is 5.92 Å². The van der Waals surface area contributed by atoms with Gasteiger partial charge in [-0.1, -0.05) is 0 Å². The van der Waals surface area contributed by atoms with Gasteiger partial charge in [0.15, 0.2) is 5.78 Å². The topological polar surface area (TPSA) is 76.3 Å². The number of piperidine rings is 1. The summed E-state index contributed by atoms with van der Waals surface area (Å²) >= 11 is 0. The van der Waals surface area contributed by atoms with Gasteiger partial charge in [0, 0.05) is 48.2 Å². The first-order valence-corrected chi connectivity index (χ1v) is 7.74. The first-order chi connectivity index (χ1) is 11.1. The van der Waals surface area contributed by atoms with Gasteiger partial charge in [-0.2, -0.15) is 0 Å². The van der Waals surface area contributed by atoms with Crippen LogP contribution in [0.1, 0.15) is 28.8 Å². The van der Waals surface area contributed by atoms with Crippen LogP contribution in [0.25, 0.3) is 0 Å². The fraction of sp³-hybridized carbons (Fsp3) is 0.278. The monoisotopic (exact) mass is 309 g/mol. The molecule has 5 heteroatoms. The predicted octanol–water partition coefficient (Wildman–Crippen LogP) is 2.01. The second-order valence-corrected chi connectivity index (χ2v) is 5.78. The Morgan fingerprint density at radius 1 is 1.04 bits per heavy atom. The summed E-state index contributed by atoms with van der Waals surface area (Å²) in [7, 11) is 0. The van der Waals surface area contributed by atoms with Crippen molar-refractivity contribution in [1.29, 1.82) is 0 Å². The molecule has 1 saturated heterocycles. The first kappa shape index (κ1) is 15.2. The molecule has 0 spiro atoms. The predicted molar refractivity (Wildman–Crippen MR) is 88.2 cm³/mol. The standard InChI is InChI=1S/C18H19N3O2/c19-18(23)14-7-10-21(11-8-14)16-5-3-13(4-6-16)17(22)15-2-1-9-20-12-15/h1-6,9,12,14H,7-8,10-11H2,(H2,19,23). The number of primary amides is 1. The maximum absolute atomic E-state index is 12.3. The summed E-state index contributed by atoms with van der Waals surface area (Å²) in [6, 6.07) is 11.1. The normalized spacial score (nSPS) is 15.4. The van der Waals surface area contributed by atoms with Gasteiger partial charge in [-0.3, -0.25) is 14.6 Å². The second kappa shape index (κ2) is 6.60.